The molecule has 7 nitrogen and oxygen atoms in total. The molecule has 0 unspecified atom stereocenters. The number of piperidine rings is 1. The summed E-state index contributed by atoms with van der Waals surface area (Å²) in [5, 5.41) is 0. The largest absolute Gasteiger partial charge is 0.338 e. The van der Waals surface area contributed by atoms with Crippen LogP contribution in [0.15, 0.2) is 43.1 Å². The van der Waals surface area contributed by atoms with Gasteiger partial charge in [-0.2, -0.15) is 0 Å². The number of aryl methyl sites for hydroxylation is 1. The van der Waals surface area contributed by atoms with Gasteiger partial charge in [0.05, 0.1) is 23.8 Å². The maximum absolute atomic E-state index is 12.8. The smallest absolute Gasteiger partial charge is 0.253 e. The minimum Gasteiger partial charge on any atom is -0.338 e. The van der Waals surface area contributed by atoms with E-state index >= 15 is 0 Å². The second-order valence-electron chi connectivity index (χ2n) is 6.91. The van der Waals surface area contributed by atoms with Crippen LogP contribution < -0.4 is 0 Å². The van der Waals surface area contributed by atoms with E-state index in [-0.39, 0.29) is 11.8 Å². The van der Waals surface area contributed by atoms with E-state index in [1.165, 1.54) is 0 Å². The summed E-state index contributed by atoms with van der Waals surface area (Å²) in [6, 6.07) is 3.52. The van der Waals surface area contributed by atoms with E-state index in [1.807, 2.05) is 35.8 Å². The van der Waals surface area contributed by atoms with E-state index in [4.69, 9.17) is 4.98 Å². The molecule has 27 heavy (non-hydrogen) atoms. The van der Waals surface area contributed by atoms with Crippen LogP contribution in [0.2, 0.25) is 0 Å². The van der Waals surface area contributed by atoms with Gasteiger partial charge in [-0.15, -0.1) is 0 Å². The lowest BCUT2D eigenvalue weighted by molar-refractivity contribution is 0.0705. The highest BCUT2D eigenvalue weighted by atomic mass is 16.2. The van der Waals surface area contributed by atoms with Gasteiger partial charge in [0.2, 0.25) is 0 Å². The van der Waals surface area contributed by atoms with E-state index in [9.17, 15) is 4.79 Å². The highest BCUT2D eigenvalue weighted by Crippen LogP contribution is 2.28. The van der Waals surface area contributed by atoms with E-state index in [0.717, 1.165) is 42.3 Å². The monoisotopic (exact) mass is 362 g/mol. The summed E-state index contributed by atoms with van der Waals surface area (Å²) >= 11 is 0. The molecule has 0 N–H and O–H groups in total. The van der Waals surface area contributed by atoms with Crippen molar-refractivity contribution in [2.45, 2.75) is 25.7 Å². The second-order valence-corrected chi connectivity index (χ2v) is 6.91. The highest BCUT2D eigenvalue weighted by molar-refractivity contribution is 5.94. The Morgan fingerprint density at radius 1 is 1.15 bits per heavy atom. The van der Waals surface area contributed by atoms with E-state index in [1.54, 1.807) is 30.7 Å². The Hall–Kier alpha value is -3.09. The van der Waals surface area contributed by atoms with E-state index in [2.05, 4.69) is 15.0 Å². The van der Waals surface area contributed by atoms with Crippen molar-refractivity contribution in [2.24, 2.45) is 7.05 Å². The quantitative estimate of drug-likeness (QED) is 0.716. The minimum absolute atomic E-state index is 0.0495. The summed E-state index contributed by atoms with van der Waals surface area (Å²) in [6.45, 7) is 3.39. The van der Waals surface area contributed by atoms with Crippen LogP contribution in [0.4, 0.5) is 0 Å². The third-order valence-electron chi connectivity index (χ3n) is 5.19. The summed E-state index contributed by atoms with van der Waals surface area (Å²) in [5.74, 6) is 1.17. The van der Waals surface area contributed by atoms with Gasteiger partial charge in [-0.3, -0.25) is 14.8 Å². The van der Waals surface area contributed by atoms with Gasteiger partial charge >= 0.3 is 0 Å². The van der Waals surface area contributed by atoms with Crippen LogP contribution in [0.25, 0.3) is 11.4 Å². The lowest BCUT2D eigenvalue weighted by atomic mass is 9.94. The van der Waals surface area contributed by atoms with Crippen LogP contribution in [-0.4, -0.2) is 48.4 Å². The molecule has 138 valence electrons. The number of nitrogens with zero attached hydrogens (tertiary/aromatic N) is 6. The second kappa shape index (κ2) is 7.26. The zero-order valence-electron chi connectivity index (χ0n) is 15.5. The van der Waals surface area contributed by atoms with Gasteiger partial charge in [0.1, 0.15) is 11.5 Å². The Bertz CT molecular complexity index is 952. The molecular weight excluding hydrogens is 340 g/mol. The molecule has 1 amide bonds. The number of imidazole rings is 1. The molecule has 1 atom stereocenters. The van der Waals surface area contributed by atoms with Gasteiger partial charge in [-0.05, 0) is 31.9 Å². The van der Waals surface area contributed by atoms with Gasteiger partial charge < -0.3 is 9.47 Å². The molecule has 3 aromatic rings. The van der Waals surface area contributed by atoms with Crippen LogP contribution >= 0.6 is 0 Å². The number of carbonyl (C=O) groups excluding carboxylic acids is 1. The molecule has 1 aliphatic heterocycles. The molecule has 0 bridgehead atoms. The fourth-order valence-electron chi connectivity index (χ4n) is 3.52. The van der Waals surface area contributed by atoms with Gasteiger partial charge in [0, 0.05) is 50.2 Å². The van der Waals surface area contributed by atoms with Gasteiger partial charge in [-0.1, -0.05) is 0 Å². The SMILES string of the molecule is Cc1ncc(-c2cncc([C@H]3CCCN(C(=O)c4ccncc4)C3)n2)n1C. The number of carbonyl (C=O) groups is 1. The van der Waals surface area contributed by atoms with Crippen molar-refractivity contribution in [1.82, 2.24) is 29.4 Å². The van der Waals surface area contributed by atoms with Crippen LogP contribution in [0.1, 0.15) is 40.6 Å². The summed E-state index contributed by atoms with van der Waals surface area (Å²) < 4.78 is 2.01. The van der Waals surface area contributed by atoms with Crippen molar-refractivity contribution < 1.29 is 4.79 Å². The Labute approximate surface area is 158 Å². The van der Waals surface area contributed by atoms with Crippen LogP contribution in [-0.2, 0) is 7.05 Å². The first-order valence-electron chi connectivity index (χ1n) is 9.13. The predicted octanol–water partition coefficient (Wildman–Crippen LogP) is 2.60. The van der Waals surface area contributed by atoms with E-state index < -0.39 is 0 Å². The summed E-state index contributed by atoms with van der Waals surface area (Å²) in [5.41, 5.74) is 3.37. The van der Waals surface area contributed by atoms with Crippen LogP contribution in [0.5, 0.6) is 0 Å². The zero-order chi connectivity index (χ0) is 18.8. The first-order valence-corrected chi connectivity index (χ1v) is 9.13. The Morgan fingerprint density at radius 3 is 2.70 bits per heavy atom. The third kappa shape index (κ3) is 3.45. The van der Waals surface area contributed by atoms with Gasteiger partial charge in [-0.25, -0.2) is 9.97 Å². The normalized spacial score (nSPS) is 17.1. The lowest BCUT2D eigenvalue weighted by Crippen LogP contribution is -2.39. The van der Waals surface area contributed by atoms with Crippen molar-refractivity contribution in [1.29, 1.82) is 0 Å². The molecular formula is C20H22N6O. The van der Waals surface area contributed by atoms with Crippen molar-refractivity contribution >= 4 is 5.91 Å². The number of amides is 1. The maximum Gasteiger partial charge on any atom is 0.253 e. The molecule has 4 heterocycles. The summed E-state index contributed by atoms with van der Waals surface area (Å²) in [7, 11) is 1.97. The number of likely N-dealkylation sites (tertiary alicyclic amines) is 1. The van der Waals surface area contributed by atoms with Gasteiger partial charge in [0.25, 0.3) is 5.91 Å². The summed E-state index contributed by atoms with van der Waals surface area (Å²) in [6.07, 6.45) is 10.7. The van der Waals surface area contributed by atoms with Crippen molar-refractivity contribution in [3.8, 4) is 11.4 Å². The van der Waals surface area contributed by atoms with E-state index in [0.29, 0.717) is 12.1 Å². The first-order chi connectivity index (χ1) is 13.1. The number of hydrogen-bond acceptors (Lipinski definition) is 5. The van der Waals surface area contributed by atoms with Crippen LogP contribution in [0, 0.1) is 6.92 Å². The molecule has 3 aromatic heterocycles. The third-order valence-corrected chi connectivity index (χ3v) is 5.19. The molecule has 7 heteroatoms. The number of hydrogen-bond donors (Lipinski definition) is 0. The fourth-order valence-corrected chi connectivity index (χ4v) is 3.52. The molecule has 1 aliphatic rings. The molecule has 0 spiro atoms. The molecule has 1 fully saturated rings. The van der Waals surface area contributed by atoms with Crippen molar-refractivity contribution in [3.63, 3.8) is 0 Å². The van der Waals surface area contributed by atoms with Crippen molar-refractivity contribution in [3.05, 3.63) is 60.2 Å². The van der Waals surface area contributed by atoms with Gasteiger partial charge in [0.15, 0.2) is 0 Å². The van der Waals surface area contributed by atoms with Crippen LogP contribution in [0.3, 0.4) is 0 Å². The predicted molar refractivity (Wildman–Crippen MR) is 101 cm³/mol. The molecule has 1 saturated heterocycles. The number of rotatable bonds is 3. The average molecular weight is 362 g/mol. The lowest BCUT2D eigenvalue weighted by Gasteiger charge is -2.32. The Kier molecular flexibility index (Phi) is 4.66. The zero-order valence-corrected chi connectivity index (χ0v) is 15.5. The topological polar surface area (TPSA) is 76.8 Å². The first kappa shape index (κ1) is 17.3. The average Bonchev–Trinajstić information content (AvgIpc) is 3.07. The molecule has 0 aliphatic carbocycles. The molecule has 0 aromatic carbocycles. The molecule has 0 saturated carbocycles. The molecule has 4 rings (SSSR count). The Balaban J connectivity index is 1.56. The van der Waals surface area contributed by atoms with Crippen molar-refractivity contribution in [2.75, 3.05) is 13.1 Å². The number of pyridine rings is 1. The minimum atomic E-state index is 0.0495. The maximum atomic E-state index is 12.8. The molecule has 0 radical (unpaired) electrons. The number of aromatic nitrogens is 5. The highest BCUT2D eigenvalue weighted by Gasteiger charge is 2.27. The Morgan fingerprint density at radius 2 is 1.96 bits per heavy atom. The fraction of sp³-hybridized carbons (Fsp3) is 0.350. The summed E-state index contributed by atoms with van der Waals surface area (Å²) in [4.78, 5) is 32.2. The standard InChI is InChI=1S/C20H22N6O/c1-14-23-12-19(25(14)2)18-11-22-10-17(24-18)16-4-3-9-26(13-16)20(27)15-5-7-21-8-6-15/h5-8,10-12,16H,3-4,9,13H2,1-2H3/t16-/m0/s1.